The van der Waals surface area contributed by atoms with Crippen LogP contribution in [0, 0.1) is 0 Å². The third-order valence-corrected chi connectivity index (χ3v) is 5.51. The molecular formula is C24H28O2. The lowest BCUT2D eigenvalue weighted by molar-refractivity contribution is -0.267. The van der Waals surface area contributed by atoms with Gasteiger partial charge >= 0.3 is 0 Å². The van der Waals surface area contributed by atoms with Crippen LogP contribution in [0.2, 0.25) is 0 Å². The van der Waals surface area contributed by atoms with Crippen LogP contribution >= 0.6 is 0 Å². The summed E-state index contributed by atoms with van der Waals surface area (Å²) in [5, 5.41) is 4.91. The molecule has 1 heterocycles. The Hall–Kier alpha value is -2.06. The molecule has 0 bridgehead atoms. The van der Waals surface area contributed by atoms with Crippen molar-refractivity contribution < 1.29 is 9.47 Å². The number of rotatable bonds is 8. The molecule has 3 aromatic rings. The first-order chi connectivity index (χ1) is 12.8. The smallest absolute Gasteiger partial charge is 0.212 e. The van der Waals surface area contributed by atoms with E-state index in [1.54, 1.807) is 0 Å². The van der Waals surface area contributed by atoms with E-state index in [1.165, 1.54) is 53.6 Å². The maximum Gasteiger partial charge on any atom is 0.212 e. The fourth-order valence-corrected chi connectivity index (χ4v) is 3.88. The second-order valence-electron chi connectivity index (χ2n) is 7.45. The highest BCUT2D eigenvalue weighted by Crippen LogP contribution is 2.38. The van der Waals surface area contributed by atoms with Crippen LogP contribution in [0.3, 0.4) is 0 Å². The zero-order valence-electron chi connectivity index (χ0n) is 15.7. The average Bonchev–Trinajstić information content (AvgIpc) is 2.64. The van der Waals surface area contributed by atoms with Crippen LogP contribution in [-0.4, -0.2) is 12.4 Å². The van der Waals surface area contributed by atoms with Gasteiger partial charge in [0.15, 0.2) is 0 Å². The Labute approximate surface area is 156 Å². The third-order valence-electron chi connectivity index (χ3n) is 5.51. The number of fused-ring (bicyclic) bond motifs is 2. The van der Waals surface area contributed by atoms with E-state index in [1.807, 2.05) is 0 Å². The molecule has 0 amide bonds. The lowest BCUT2D eigenvalue weighted by Gasteiger charge is -2.42. The van der Waals surface area contributed by atoms with E-state index in [4.69, 9.17) is 9.47 Å². The van der Waals surface area contributed by atoms with Crippen LogP contribution in [-0.2, 0) is 4.74 Å². The molecule has 1 saturated heterocycles. The second kappa shape index (κ2) is 7.67. The summed E-state index contributed by atoms with van der Waals surface area (Å²) in [6.45, 7) is 3.06. The number of benzene rings is 3. The minimum Gasteiger partial charge on any atom is -0.462 e. The van der Waals surface area contributed by atoms with E-state index in [-0.39, 0.29) is 0 Å². The monoisotopic (exact) mass is 348 g/mol. The van der Waals surface area contributed by atoms with Gasteiger partial charge in [0.1, 0.15) is 5.75 Å². The Kier molecular flexibility index (Phi) is 5.12. The van der Waals surface area contributed by atoms with Gasteiger partial charge in [-0.25, -0.2) is 0 Å². The second-order valence-corrected chi connectivity index (χ2v) is 7.45. The number of hydrogen-bond donors (Lipinski definition) is 0. The van der Waals surface area contributed by atoms with Gasteiger partial charge in [-0.3, -0.25) is 0 Å². The summed E-state index contributed by atoms with van der Waals surface area (Å²) < 4.78 is 12.4. The molecule has 4 rings (SSSR count). The van der Waals surface area contributed by atoms with E-state index in [0.717, 1.165) is 25.2 Å². The topological polar surface area (TPSA) is 18.5 Å². The Bertz CT molecular complexity index is 880. The fraction of sp³-hybridized carbons (Fsp3) is 0.417. The van der Waals surface area contributed by atoms with Gasteiger partial charge in [0.25, 0.3) is 0 Å². The minimum absolute atomic E-state index is 0.411. The molecule has 2 nitrogen and oxygen atoms in total. The highest BCUT2D eigenvalue weighted by molar-refractivity contribution is 6.00. The lowest BCUT2D eigenvalue weighted by atomic mass is 9.99. The van der Waals surface area contributed by atoms with Gasteiger partial charge in [0, 0.05) is 18.2 Å². The quantitative estimate of drug-likeness (QED) is 0.327. The van der Waals surface area contributed by atoms with Gasteiger partial charge in [-0.1, -0.05) is 69.0 Å². The molecule has 0 aliphatic carbocycles. The highest BCUT2D eigenvalue weighted by atomic mass is 16.7. The molecule has 136 valence electrons. The van der Waals surface area contributed by atoms with Gasteiger partial charge < -0.3 is 9.47 Å². The van der Waals surface area contributed by atoms with Crippen molar-refractivity contribution in [3.8, 4) is 5.75 Å². The number of ether oxygens (including phenoxy) is 2. The average molecular weight is 348 g/mol. The van der Waals surface area contributed by atoms with Crippen molar-refractivity contribution in [2.45, 2.75) is 57.7 Å². The van der Waals surface area contributed by atoms with Crippen LogP contribution in [0.1, 0.15) is 51.9 Å². The molecule has 1 atom stereocenters. The predicted octanol–water partition coefficient (Wildman–Crippen LogP) is 6.85. The summed E-state index contributed by atoms with van der Waals surface area (Å²) >= 11 is 0. The van der Waals surface area contributed by atoms with Crippen LogP contribution in [0.5, 0.6) is 5.75 Å². The summed E-state index contributed by atoms with van der Waals surface area (Å²) in [6.07, 6.45) is 8.33. The Morgan fingerprint density at radius 1 is 0.885 bits per heavy atom. The van der Waals surface area contributed by atoms with Crippen molar-refractivity contribution in [2.24, 2.45) is 0 Å². The first-order valence-electron chi connectivity index (χ1n) is 10.0. The van der Waals surface area contributed by atoms with Crippen molar-refractivity contribution in [3.63, 3.8) is 0 Å². The summed E-state index contributed by atoms with van der Waals surface area (Å²) in [7, 11) is 0. The standard InChI is InChI=1S/C24H28O2/c1-2-3-4-5-8-14-24(15-16-25-24)26-23-13-9-12-21-17-19-10-6-7-11-20(19)18-22(21)23/h6-7,9-13,17-18H,2-5,8,14-16H2,1H3. The lowest BCUT2D eigenvalue weighted by Crippen LogP contribution is -2.49. The molecule has 0 spiro atoms. The molecule has 1 unspecified atom stereocenters. The fourth-order valence-electron chi connectivity index (χ4n) is 3.88. The number of unbranched alkanes of at least 4 members (excludes halogenated alkanes) is 4. The molecule has 1 fully saturated rings. The van der Waals surface area contributed by atoms with E-state index in [0.29, 0.717) is 0 Å². The van der Waals surface area contributed by atoms with Crippen LogP contribution < -0.4 is 4.74 Å². The Morgan fingerprint density at radius 2 is 1.62 bits per heavy atom. The van der Waals surface area contributed by atoms with Crippen molar-refractivity contribution in [1.82, 2.24) is 0 Å². The molecule has 0 radical (unpaired) electrons. The zero-order chi connectivity index (χ0) is 17.8. The maximum absolute atomic E-state index is 6.48. The first kappa shape index (κ1) is 17.4. The largest absolute Gasteiger partial charge is 0.462 e. The van der Waals surface area contributed by atoms with Crippen LogP contribution in [0.25, 0.3) is 21.5 Å². The molecule has 0 saturated carbocycles. The molecule has 2 heteroatoms. The molecular weight excluding hydrogens is 320 g/mol. The van der Waals surface area contributed by atoms with Gasteiger partial charge in [-0.2, -0.15) is 0 Å². The van der Waals surface area contributed by atoms with E-state index in [2.05, 4.69) is 61.5 Å². The Morgan fingerprint density at radius 3 is 2.35 bits per heavy atom. The van der Waals surface area contributed by atoms with Crippen molar-refractivity contribution in [1.29, 1.82) is 0 Å². The summed E-state index contributed by atoms with van der Waals surface area (Å²) in [6, 6.07) is 19.3. The summed E-state index contributed by atoms with van der Waals surface area (Å²) in [5.41, 5.74) is 0. The predicted molar refractivity (Wildman–Crippen MR) is 109 cm³/mol. The number of hydrogen-bond acceptors (Lipinski definition) is 2. The molecule has 3 aromatic carbocycles. The van der Waals surface area contributed by atoms with Crippen molar-refractivity contribution in [3.05, 3.63) is 54.6 Å². The summed E-state index contributed by atoms with van der Waals surface area (Å²) in [5.74, 6) is 0.535. The van der Waals surface area contributed by atoms with E-state index >= 15 is 0 Å². The van der Waals surface area contributed by atoms with E-state index in [9.17, 15) is 0 Å². The SMILES string of the molecule is CCCCCCCC1(Oc2cccc3cc4ccccc4cc23)CCO1. The van der Waals surface area contributed by atoms with Crippen molar-refractivity contribution >= 4 is 21.5 Å². The van der Waals surface area contributed by atoms with E-state index < -0.39 is 5.79 Å². The van der Waals surface area contributed by atoms with Crippen LogP contribution in [0.15, 0.2) is 54.6 Å². The van der Waals surface area contributed by atoms with Crippen LogP contribution in [0.4, 0.5) is 0 Å². The minimum atomic E-state index is -0.411. The Balaban J connectivity index is 1.56. The van der Waals surface area contributed by atoms with Crippen molar-refractivity contribution in [2.75, 3.05) is 6.61 Å². The van der Waals surface area contributed by atoms with Gasteiger partial charge in [-0.15, -0.1) is 0 Å². The van der Waals surface area contributed by atoms with Gasteiger partial charge in [0.05, 0.1) is 6.61 Å². The van der Waals surface area contributed by atoms with Gasteiger partial charge in [-0.05, 0) is 40.8 Å². The molecule has 0 aromatic heterocycles. The molecule has 1 aliphatic rings. The molecule has 0 N–H and O–H groups in total. The van der Waals surface area contributed by atoms with Gasteiger partial charge in [0.2, 0.25) is 5.79 Å². The zero-order valence-corrected chi connectivity index (χ0v) is 15.7. The maximum atomic E-state index is 6.48. The molecule has 26 heavy (non-hydrogen) atoms. The summed E-state index contributed by atoms with van der Waals surface area (Å²) in [4.78, 5) is 0. The third kappa shape index (κ3) is 3.57. The normalized spacial score (nSPS) is 19.6. The first-order valence-corrected chi connectivity index (χ1v) is 10.0. The highest BCUT2D eigenvalue weighted by Gasteiger charge is 2.40. The molecule has 1 aliphatic heterocycles.